The van der Waals surface area contributed by atoms with Crippen LogP contribution in [0.25, 0.3) is 0 Å². The Morgan fingerprint density at radius 2 is 2.00 bits per heavy atom. The first-order valence-corrected chi connectivity index (χ1v) is 6.98. The fourth-order valence-electron chi connectivity index (χ4n) is 6.04. The Morgan fingerprint density at radius 3 is 2.71 bits per heavy atom. The fraction of sp³-hybridized carbons (Fsp3) is 0.800. The topological polar surface area (TPSA) is 37.3 Å². The van der Waals surface area contributed by atoms with Crippen LogP contribution < -0.4 is 0 Å². The zero-order valence-corrected chi connectivity index (χ0v) is 10.3. The van der Waals surface area contributed by atoms with E-state index in [0.29, 0.717) is 12.3 Å². The normalized spacial score (nSPS) is 57.7. The fourth-order valence-corrected chi connectivity index (χ4v) is 6.04. The molecule has 7 atom stereocenters. The summed E-state index contributed by atoms with van der Waals surface area (Å²) in [6.45, 7) is 2.23. The predicted molar refractivity (Wildman–Crippen MR) is 64.3 cm³/mol. The Hall–Kier alpha value is -0.790. The summed E-state index contributed by atoms with van der Waals surface area (Å²) >= 11 is 0. The molecule has 0 heterocycles. The molecule has 4 aliphatic rings. The van der Waals surface area contributed by atoms with E-state index in [4.69, 9.17) is 5.11 Å². The van der Waals surface area contributed by atoms with E-state index in [0.717, 1.165) is 29.6 Å². The van der Waals surface area contributed by atoms with E-state index in [9.17, 15) is 4.79 Å². The molecule has 0 aromatic heterocycles. The van der Waals surface area contributed by atoms with Crippen LogP contribution in [0.5, 0.6) is 0 Å². The third-order valence-electron chi connectivity index (χ3n) is 6.33. The van der Waals surface area contributed by atoms with Crippen molar-refractivity contribution in [2.45, 2.75) is 32.6 Å². The second-order valence-corrected chi connectivity index (χ2v) is 7.13. The molecule has 0 aliphatic heterocycles. The van der Waals surface area contributed by atoms with E-state index in [-0.39, 0.29) is 5.41 Å². The smallest absolute Gasteiger partial charge is 0.303 e. The zero-order valence-electron chi connectivity index (χ0n) is 10.3. The van der Waals surface area contributed by atoms with Crippen molar-refractivity contribution in [2.75, 3.05) is 0 Å². The van der Waals surface area contributed by atoms with Gasteiger partial charge in [-0.25, -0.2) is 0 Å². The highest BCUT2D eigenvalue weighted by Gasteiger charge is 2.64. The van der Waals surface area contributed by atoms with Crippen LogP contribution in [-0.2, 0) is 4.79 Å². The van der Waals surface area contributed by atoms with Crippen LogP contribution in [0, 0.1) is 40.9 Å². The largest absolute Gasteiger partial charge is 0.481 e. The van der Waals surface area contributed by atoms with Gasteiger partial charge < -0.3 is 5.11 Å². The molecule has 4 bridgehead atoms. The molecule has 0 radical (unpaired) electrons. The van der Waals surface area contributed by atoms with E-state index in [1.165, 1.54) is 19.3 Å². The maximum absolute atomic E-state index is 11.1. The molecule has 0 spiro atoms. The SMILES string of the molecule is CC1(CC(=O)O)CC2CC1C1C3C=CC(C3)C21. The molecular weight excluding hydrogens is 212 g/mol. The molecule has 4 aliphatic carbocycles. The van der Waals surface area contributed by atoms with Gasteiger partial charge in [-0.2, -0.15) is 0 Å². The summed E-state index contributed by atoms with van der Waals surface area (Å²) in [5.41, 5.74) is 0.0932. The summed E-state index contributed by atoms with van der Waals surface area (Å²) in [5, 5.41) is 9.13. The van der Waals surface area contributed by atoms with Crippen LogP contribution in [0.4, 0.5) is 0 Å². The highest BCUT2D eigenvalue weighted by atomic mass is 16.4. The monoisotopic (exact) mass is 232 g/mol. The first-order valence-electron chi connectivity index (χ1n) is 6.98. The van der Waals surface area contributed by atoms with Gasteiger partial charge in [-0.05, 0) is 60.2 Å². The van der Waals surface area contributed by atoms with Crippen LogP contribution in [0.15, 0.2) is 12.2 Å². The highest BCUT2D eigenvalue weighted by Crippen LogP contribution is 2.70. The Balaban J connectivity index is 1.67. The summed E-state index contributed by atoms with van der Waals surface area (Å²) in [7, 11) is 0. The minimum Gasteiger partial charge on any atom is -0.481 e. The maximum atomic E-state index is 11.1. The highest BCUT2D eigenvalue weighted by molar-refractivity contribution is 5.68. The molecule has 3 fully saturated rings. The number of aliphatic carboxylic acids is 1. The standard InChI is InChI=1S/C15H20O2/c1-15(7-12(16)17)6-10-5-11(15)14-9-3-2-8(4-9)13(10)14/h2-3,8-11,13-14H,4-7H2,1H3,(H,16,17). The molecule has 17 heavy (non-hydrogen) atoms. The van der Waals surface area contributed by atoms with Gasteiger partial charge in [0.25, 0.3) is 0 Å². The number of carboxylic acids is 1. The summed E-state index contributed by atoms with van der Waals surface area (Å²) in [5.74, 6) is 4.28. The lowest BCUT2D eigenvalue weighted by Crippen LogP contribution is -2.38. The molecule has 0 aromatic rings. The number of hydrogen-bond acceptors (Lipinski definition) is 1. The molecule has 2 heteroatoms. The summed E-state index contributed by atoms with van der Waals surface area (Å²) in [6, 6.07) is 0. The summed E-state index contributed by atoms with van der Waals surface area (Å²) in [6.07, 6.45) is 9.11. The lowest BCUT2D eigenvalue weighted by Gasteiger charge is -2.42. The van der Waals surface area contributed by atoms with Gasteiger partial charge in [0.15, 0.2) is 0 Å². The lowest BCUT2D eigenvalue weighted by molar-refractivity contribution is -0.141. The van der Waals surface area contributed by atoms with Gasteiger partial charge >= 0.3 is 5.97 Å². The Kier molecular flexibility index (Phi) is 1.77. The maximum Gasteiger partial charge on any atom is 0.303 e. The van der Waals surface area contributed by atoms with Gasteiger partial charge in [0.2, 0.25) is 0 Å². The molecule has 4 rings (SSSR count). The third kappa shape index (κ3) is 1.14. The van der Waals surface area contributed by atoms with Crippen molar-refractivity contribution in [3.8, 4) is 0 Å². The molecule has 1 N–H and O–H groups in total. The number of carbonyl (C=O) groups is 1. The van der Waals surface area contributed by atoms with E-state index < -0.39 is 5.97 Å². The third-order valence-corrected chi connectivity index (χ3v) is 6.33. The molecule has 0 aromatic carbocycles. The van der Waals surface area contributed by atoms with Crippen molar-refractivity contribution in [1.29, 1.82) is 0 Å². The second kappa shape index (κ2) is 2.96. The number of allylic oxidation sites excluding steroid dienone is 2. The average Bonchev–Trinajstić information content (AvgIpc) is 2.88. The minimum absolute atomic E-state index is 0.0932. The van der Waals surface area contributed by atoms with Crippen molar-refractivity contribution in [2.24, 2.45) is 40.9 Å². The molecule has 2 nitrogen and oxygen atoms in total. The Morgan fingerprint density at radius 1 is 1.29 bits per heavy atom. The number of carboxylic acid groups (broad SMARTS) is 1. The van der Waals surface area contributed by atoms with Crippen molar-refractivity contribution in [3.05, 3.63) is 12.2 Å². The molecule has 0 amide bonds. The van der Waals surface area contributed by atoms with Crippen LogP contribution in [0.1, 0.15) is 32.6 Å². The van der Waals surface area contributed by atoms with Gasteiger partial charge in [-0.1, -0.05) is 19.1 Å². The van der Waals surface area contributed by atoms with Gasteiger partial charge in [0.1, 0.15) is 0 Å². The van der Waals surface area contributed by atoms with E-state index in [2.05, 4.69) is 19.1 Å². The second-order valence-electron chi connectivity index (χ2n) is 7.13. The Bertz CT molecular complexity index is 413. The van der Waals surface area contributed by atoms with Crippen molar-refractivity contribution in [3.63, 3.8) is 0 Å². The van der Waals surface area contributed by atoms with Crippen LogP contribution in [0.3, 0.4) is 0 Å². The predicted octanol–water partition coefficient (Wildman–Crippen LogP) is 2.95. The van der Waals surface area contributed by atoms with Gasteiger partial charge in [0, 0.05) is 0 Å². The number of hydrogen-bond donors (Lipinski definition) is 1. The quantitative estimate of drug-likeness (QED) is 0.587. The van der Waals surface area contributed by atoms with Crippen LogP contribution in [0.2, 0.25) is 0 Å². The van der Waals surface area contributed by atoms with Crippen LogP contribution >= 0.6 is 0 Å². The van der Waals surface area contributed by atoms with E-state index in [1.54, 1.807) is 0 Å². The molecule has 3 saturated carbocycles. The number of rotatable bonds is 2. The van der Waals surface area contributed by atoms with Crippen molar-refractivity contribution >= 4 is 5.97 Å². The zero-order chi connectivity index (χ0) is 11.8. The van der Waals surface area contributed by atoms with E-state index >= 15 is 0 Å². The van der Waals surface area contributed by atoms with Gasteiger partial charge in [-0.15, -0.1) is 0 Å². The Labute approximate surface area is 102 Å². The van der Waals surface area contributed by atoms with Gasteiger partial charge in [-0.3, -0.25) is 4.79 Å². The average molecular weight is 232 g/mol. The first-order chi connectivity index (χ1) is 8.08. The summed E-state index contributed by atoms with van der Waals surface area (Å²) in [4.78, 5) is 11.1. The molecule has 7 unspecified atom stereocenters. The first kappa shape index (κ1) is 10.2. The molecule has 92 valence electrons. The lowest BCUT2D eigenvalue weighted by atomic mass is 9.62. The molecule has 0 saturated heterocycles. The molecular formula is C15H20O2. The minimum atomic E-state index is -0.602. The van der Waals surface area contributed by atoms with Gasteiger partial charge in [0.05, 0.1) is 6.42 Å². The van der Waals surface area contributed by atoms with E-state index in [1.807, 2.05) is 0 Å². The summed E-state index contributed by atoms with van der Waals surface area (Å²) < 4.78 is 0. The van der Waals surface area contributed by atoms with Crippen molar-refractivity contribution in [1.82, 2.24) is 0 Å². The van der Waals surface area contributed by atoms with Crippen molar-refractivity contribution < 1.29 is 9.90 Å². The van der Waals surface area contributed by atoms with Crippen LogP contribution in [-0.4, -0.2) is 11.1 Å². The number of fused-ring (bicyclic) bond motifs is 9.